The van der Waals surface area contributed by atoms with Crippen LogP contribution in [0, 0.1) is 5.92 Å². The third kappa shape index (κ3) is 5.65. The number of carbonyl (C=O) groups is 1. The smallest absolute Gasteiger partial charge is 0.407 e. The van der Waals surface area contributed by atoms with Crippen LogP contribution in [0.2, 0.25) is 0 Å². The van der Waals surface area contributed by atoms with Crippen molar-refractivity contribution >= 4 is 17.3 Å². The van der Waals surface area contributed by atoms with Crippen molar-refractivity contribution < 1.29 is 19.4 Å². The zero-order chi connectivity index (χ0) is 23.2. The Morgan fingerprint density at radius 1 is 1.18 bits per heavy atom. The molecule has 1 saturated heterocycles. The minimum atomic E-state index is -0.580. The summed E-state index contributed by atoms with van der Waals surface area (Å²) in [6, 6.07) is 12.9. The fourth-order valence-electron chi connectivity index (χ4n) is 3.91. The van der Waals surface area contributed by atoms with E-state index in [2.05, 4.69) is 20.2 Å². The standard InChI is InChI=1S/C23H27N5O5/c1-32-20-8-7-18-22(26-20)28(21(30)12-24-18)10-9-27-13-17(19(29)14-27)11-25-23(31)33-15-16-5-3-2-4-6-16/h2-8,12,17,19,29H,9-11,13-15H2,1H3,(H,25,31)/t17-,19+/m0/s1. The molecule has 10 heteroatoms. The Bertz CT molecular complexity index is 1150. The molecule has 0 saturated carbocycles. The number of aromatic nitrogens is 3. The number of aliphatic hydroxyl groups excluding tert-OH is 1. The Morgan fingerprint density at radius 2 is 2.00 bits per heavy atom. The van der Waals surface area contributed by atoms with E-state index in [1.807, 2.05) is 30.3 Å². The lowest BCUT2D eigenvalue weighted by atomic mass is 10.1. The van der Waals surface area contributed by atoms with Crippen LogP contribution in [0.4, 0.5) is 4.79 Å². The van der Waals surface area contributed by atoms with Crippen LogP contribution in [-0.4, -0.2) is 70.0 Å². The number of nitrogens with zero attached hydrogens (tertiary/aromatic N) is 4. The zero-order valence-electron chi connectivity index (χ0n) is 18.4. The summed E-state index contributed by atoms with van der Waals surface area (Å²) in [5.41, 5.74) is 1.72. The first kappa shape index (κ1) is 22.7. The van der Waals surface area contributed by atoms with E-state index in [0.29, 0.717) is 49.8 Å². The molecule has 0 unspecified atom stereocenters. The summed E-state index contributed by atoms with van der Waals surface area (Å²) in [6.07, 6.45) is 0.186. The van der Waals surface area contributed by atoms with E-state index in [4.69, 9.17) is 9.47 Å². The molecule has 2 N–H and O–H groups in total. The van der Waals surface area contributed by atoms with Gasteiger partial charge in [-0.25, -0.2) is 9.78 Å². The van der Waals surface area contributed by atoms with Gasteiger partial charge in [0.05, 0.1) is 19.4 Å². The van der Waals surface area contributed by atoms with Crippen molar-refractivity contribution in [2.75, 3.05) is 33.3 Å². The van der Waals surface area contributed by atoms with Gasteiger partial charge in [0.1, 0.15) is 12.1 Å². The Balaban J connectivity index is 1.29. The number of alkyl carbamates (subject to hydrolysis) is 1. The van der Waals surface area contributed by atoms with Crippen molar-refractivity contribution in [3.8, 4) is 5.88 Å². The van der Waals surface area contributed by atoms with Gasteiger partial charge in [-0.2, -0.15) is 4.98 Å². The molecule has 3 aromatic rings. The summed E-state index contributed by atoms with van der Waals surface area (Å²) in [7, 11) is 1.52. The number of likely N-dealkylation sites (tertiary alicyclic amines) is 1. The predicted molar refractivity (Wildman–Crippen MR) is 121 cm³/mol. The van der Waals surface area contributed by atoms with Crippen LogP contribution < -0.4 is 15.6 Å². The molecular weight excluding hydrogens is 426 g/mol. The van der Waals surface area contributed by atoms with E-state index >= 15 is 0 Å². The second-order valence-electron chi connectivity index (χ2n) is 7.97. The summed E-state index contributed by atoms with van der Waals surface area (Å²) in [4.78, 5) is 35.0. The number of carbonyl (C=O) groups excluding carboxylic acids is 1. The van der Waals surface area contributed by atoms with Crippen molar-refractivity contribution in [1.82, 2.24) is 24.8 Å². The highest BCUT2D eigenvalue weighted by molar-refractivity contribution is 5.70. The quantitative estimate of drug-likeness (QED) is 0.519. The molecule has 0 aliphatic carbocycles. The van der Waals surface area contributed by atoms with Crippen molar-refractivity contribution in [3.63, 3.8) is 0 Å². The van der Waals surface area contributed by atoms with Gasteiger partial charge in [-0.3, -0.25) is 14.3 Å². The van der Waals surface area contributed by atoms with Crippen LogP contribution in [0.15, 0.2) is 53.5 Å². The molecule has 10 nitrogen and oxygen atoms in total. The molecule has 2 atom stereocenters. The third-order valence-corrected chi connectivity index (χ3v) is 5.72. The number of amides is 1. The second-order valence-corrected chi connectivity index (χ2v) is 7.97. The van der Waals surface area contributed by atoms with Gasteiger partial charge in [0.25, 0.3) is 5.56 Å². The molecule has 1 aliphatic rings. The van der Waals surface area contributed by atoms with Crippen molar-refractivity contribution in [1.29, 1.82) is 0 Å². The number of methoxy groups -OCH3 is 1. The molecule has 33 heavy (non-hydrogen) atoms. The number of fused-ring (bicyclic) bond motifs is 1. The first-order valence-corrected chi connectivity index (χ1v) is 10.8. The van der Waals surface area contributed by atoms with Crippen LogP contribution in [0.1, 0.15) is 5.56 Å². The monoisotopic (exact) mass is 453 g/mol. The average Bonchev–Trinajstić information content (AvgIpc) is 3.20. The maximum absolute atomic E-state index is 12.4. The van der Waals surface area contributed by atoms with E-state index in [1.165, 1.54) is 13.3 Å². The maximum Gasteiger partial charge on any atom is 0.407 e. The molecule has 1 aliphatic heterocycles. The fraction of sp³-hybridized carbons (Fsp3) is 0.391. The average molecular weight is 453 g/mol. The predicted octanol–water partition coefficient (Wildman–Crippen LogP) is 1.02. The molecule has 1 aromatic carbocycles. The summed E-state index contributed by atoms with van der Waals surface area (Å²) < 4.78 is 12.0. The van der Waals surface area contributed by atoms with Gasteiger partial charge in [-0.1, -0.05) is 30.3 Å². The largest absolute Gasteiger partial charge is 0.481 e. The van der Waals surface area contributed by atoms with Crippen molar-refractivity contribution in [3.05, 3.63) is 64.6 Å². The Morgan fingerprint density at radius 3 is 2.79 bits per heavy atom. The number of hydrogen-bond donors (Lipinski definition) is 2. The fourth-order valence-corrected chi connectivity index (χ4v) is 3.91. The number of benzene rings is 1. The number of ether oxygens (including phenoxy) is 2. The van der Waals surface area contributed by atoms with Crippen LogP contribution in [0.5, 0.6) is 5.88 Å². The number of nitrogens with one attached hydrogen (secondary N) is 1. The van der Waals surface area contributed by atoms with Gasteiger partial charge in [0.2, 0.25) is 5.88 Å². The van der Waals surface area contributed by atoms with Gasteiger partial charge in [0, 0.05) is 44.7 Å². The summed E-state index contributed by atoms with van der Waals surface area (Å²) in [5, 5.41) is 13.2. The Labute approximate surface area is 190 Å². The van der Waals surface area contributed by atoms with Crippen LogP contribution in [0.25, 0.3) is 11.2 Å². The lowest BCUT2D eigenvalue weighted by Gasteiger charge is -2.17. The maximum atomic E-state index is 12.4. The SMILES string of the molecule is COc1ccc2ncc(=O)n(CCN3C[C@H](CNC(=O)OCc4ccccc4)[C@H](O)C3)c2n1. The molecule has 1 amide bonds. The minimum Gasteiger partial charge on any atom is -0.481 e. The number of aliphatic hydroxyl groups is 1. The van der Waals surface area contributed by atoms with Crippen molar-refractivity contribution in [2.45, 2.75) is 19.3 Å². The van der Waals surface area contributed by atoms with E-state index in [-0.39, 0.29) is 18.1 Å². The minimum absolute atomic E-state index is 0.126. The zero-order valence-corrected chi connectivity index (χ0v) is 18.4. The lowest BCUT2D eigenvalue weighted by Crippen LogP contribution is -2.34. The van der Waals surface area contributed by atoms with Crippen molar-refractivity contribution in [2.24, 2.45) is 5.92 Å². The number of rotatable bonds is 8. The highest BCUT2D eigenvalue weighted by atomic mass is 16.5. The molecule has 0 bridgehead atoms. The summed E-state index contributed by atoms with van der Waals surface area (Å²) in [6.45, 7) is 2.49. The van der Waals surface area contributed by atoms with E-state index in [1.54, 1.807) is 16.7 Å². The van der Waals surface area contributed by atoms with E-state index < -0.39 is 12.2 Å². The number of pyridine rings is 1. The first-order chi connectivity index (χ1) is 16.0. The highest BCUT2D eigenvalue weighted by Crippen LogP contribution is 2.17. The van der Waals surface area contributed by atoms with Crippen LogP contribution >= 0.6 is 0 Å². The number of β-amino-alcohol motifs (C(OH)–C–C–N with tert-alkyl or cyclic N) is 1. The molecule has 174 valence electrons. The van der Waals surface area contributed by atoms with Gasteiger partial charge in [-0.15, -0.1) is 0 Å². The molecular formula is C23H27N5O5. The topological polar surface area (TPSA) is 119 Å². The van der Waals surface area contributed by atoms with Crippen LogP contribution in [0.3, 0.4) is 0 Å². The molecule has 0 spiro atoms. The third-order valence-electron chi connectivity index (χ3n) is 5.72. The lowest BCUT2D eigenvalue weighted by molar-refractivity contribution is 0.124. The summed E-state index contributed by atoms with van der Waals surface area (Å²) in [5.74, 6) is 0.281. The normalized spacial score (nSPS) is 18.4. The van der Waals surface area contributed by atoms with Gasteiger partial charge >= 0.3 is 6.09 Å². The number of hydrogen-bond acceptors (Lipinski definition) is 8. The van der Waals surface area contributed by atoms with Gasteiger partial charge in [-0.05, 0) is 11.6 Å². The Kier molecular flexibility index (Phi) is 7.16. The molecule has 3 heterocycles. The van der Waals surface area contributed by atoms with Gasteiger partial charge in [0.15, 0.2) is 5.65 Å². The first-order valence-electron chi connectivity index (χ1n) is 10.8. The molecule has 1 fully saturated rings. The Hall–Kier alpha value is -3.50. The van der Waals surface area contributed by atoms with Gasteiger partial charge < -0.3 is 19.9 Å². The van der Waals surface area contributed by atoms with E-state index in [0.717, 1.165) is 5.56 Å². The summed E-state index contributed by atoms with van der Waals surface area (Å²) >= 11 is 0. The molecule has 2 aromatic heterocycles. The highest BCUT2D eigenvalue weighted by Gasteiger charge is 2.31. The van der Waals surface area contributed by atoms with E-state index in [9.17, 15) is 14.7 Å². The van der Waals surface area contributed by atoms with Crippen LogP contribution in [-0.2, 0) is 17.9 Å². The molecule has 0 radical (unpaired) electrons. The molecule has 4 rings (SSSR count). The second kappa shape index (κ2) is 10.4.